The summed E-state index contributed by atoms with van der Waals surface area (Å²) in [6.07, 6.45) is 0. The fraction of sp³-hybridized carbons (Fsp3) is 0.0556. The number of amides is 1. The molecule has 30 heavy (non-hydrogen) atoms. The van der Waals surface area contributed by atoms with Crippen LogP contribution < -0.4 is 10.1 Å². The molecule has 154 valence electrons. The molecule has 0 spiro atoms. The van der Waals surface area contributed by atoms with Crippen LogP contribution in [0, 0.1) is 20.2 Å². The van der Waals surface area contributed by atoms with Crippen LogP contribution in [0.3, 0.4) is 0 Å². The molecule has 11 nitrogen and oxygen atoms in total. The summed E-state index contributed by atoms with van der Waals surface area (Å²) in [5, 5.41) is 33.9. The van der Waals surface area contributed by atoms with E-state index in [-0.39, 0.29) is 51.7 Å². The van der Waals surface area contributed by atoms with Gasteiger partial charge in [-0.15, -0.1) is 0 Å². The molecule has 1 heterocycles. The molecule has 0 unspecified atom stereocenters. The zero-order chi connectivity index (χ0) is 21.8. The highest BCUT2D eigenvalue weighted by molar-refractivity contribution is 6.32. The van der Waals surface area contributed by atoms with Gasteiger partial charge in [-0.1, -0.05) is 11.6 Å². The molecule has 1 amide bonds. The van der Waals surface area contributed by atoms with E-state index in [2.05, 4.69) is 5.32 Å². The standard InChI is InChI=1S/C18H12ClN3O8/c19-13-4-1-11(22(27)28)8-17(13)29-9-12-3-6-16(30-12)18(24)20-14-7-10(21(25)26)2-5-15(14)23/h1-8,23H,9H2,(H,20,24). The van der Waals surface area contributed by atoms with Crippen LogP contribution in [0.1, 0.15) is 16.3 Å². The van der Waals surface area contributed by atoms with Crippen LogP contribution in [-0.2, 0) is 6.61 Å². The van der Waals surface area contributed by atoms with Gasteiger partial charge in [-0.2, -0.15) is 0 Å². The van der Waals surface area contributed by atoms with Gasteiger partial charge in [0.1, 0.15) is 23.9 Å². The summed E-state index contributed by atoms with van der Waals surface area (Å²) in [5.41, 5.74) is -0.678. The quantitative estimate of drug-likeness (QED) is 0.317. The molecule has 3 rings (SSSR count). The number of nitrogens with zero attached hydrogens (tertiary/aromatic N) is 2. The number of hydrogen-bond acceptors (Lipinski definition) is 8. The molecular weight excluding hydrogens is 422 g/mol. The van der Waals surface area contributed by atoms with Gasteiger partial charge < -0.3 is 19.6 Å². The number of nitro benzene ring substituents is 2. The molecule has 2 N–H and O–H groups in total. The van der Waals surface area contributed by atoms with E-state index >= 15 is 0 Å². The summed E-state index contributed by atoms with van der Waals surface area (Å²) in [6, 6.07) is 9.65. The van der Waals surface area contributed by atoms with Gasteiger partial charge in [0.2, 0.25) is 0 Å². The van der Waals surface area contributed by atoms with E-state index in [0.29, 0.717) is 0 Å². The van der Waals surface area contributed by atoms with Crippen LogP contribution in [0.4, 0.5) is 17.1 Å². The number of anilines is 1. The molecular formula is C18H12ClN3O8. The zero-order valence-corrected chi connectivity index (χ0v) is 15.7. The lowest BCUT2D eigenvalue weighted by molar-refractivity contribution is -0.385. The molecule has 0 fully saturated rings. The largest absolute Gasteiger partial charge is 0.506 e. The number of furan rings is 1. The Morgan fingerprint density at radius 2 is 1.73 bits per heavy atom. The van der Waals surface area contributed by atoms with E-state index in [1.54, 1.807) is 0 Å². The van der Waals surface area contributed by atoms with Crippen molar-refractivity contribution < 1.29 is 28.9 Å². The molecule has 0 bridgehead atoms. The normalized spacial score (nSPS) is 10.4. The SMILES string of the molecule is O=C(Nc1cc([N+](=O)[O-])ccc1O)c1ccc(COc2cc([N+](=O)[O-])ccc2Cl)o1. The average Bonchev–Trinajstić information content (AvgIpc) is 3.17. The topological polar surface area (TPSA) is 158 Å². The predicted molar refractivity (Wildman–Crippen MR) is 104 cm³/mol. The molecule has 0 saturated heterocycles. The first kappa shape index (κ1) is 20.6. The molecule has 0 radical (unpaired) electrons. The van der Waals surface area contributed by atoms with Crippen LogP contribution in [0.15, 0.2) is 52.9 Å². The fourth-order valence-electron chi connectivity index (χ4n) is 2.36. The number of ether oxygens (including phenoxy) is 1. The molecule has 12 heteroatoms. The van der Waals surface area contributed by atoms with Crippen molar-refractivity contribution in [3.63, 3.8) is 0 Å². The number of nitro groups is 2. The number of phenols is 1. The summed E-state index contributed by atoms with van der Waals surface area (Å²) in [5.74, 6) is -0.986. The van der Waals surface area contributed by atoms with Gasteiger partial charge >= 0.3 is 0 Å². The summed E-state index contributed by atoms with van der Waals surface area (Å²) in [7, 11) is 0. The first-order valence-electron chi connectivity index (χ1n) is 8.19. The molecule has 0 aliphatic heterocycles. The minimum atomic E-state index is -0.759. The molecule has 2 aromatic carbocycles. The van der Waals surface area contributed by atoms with E-state index in [4.69, 9.17) is 20.8 Å². The summed E-state index contributed by atoms with van der Waals surface area (Å²) < 4.78 is 10.8. The van der Waals surface area contributed by atoms with E-state index < -0.39 is 15.8 Å². The third-order valence-corrected chi connectivity index (χ3v) is 4.13. The molecule has 1 aromatic heterocycles. The Morgan fingerprint density at radius 1 is 1.07 bits per heavy atom. The van der Waals surface area contributed by atoms with E-state index in [1.807, 2.05) is 0 Å². The summed E-state index contributed by atoms with van der Waals surface area (Å²) in [6.45, 7) is -0.170. The lowest BCUT2D eigenvalue weighted by Crippen LogP contribution is -2.11. The number of benzene rings is 2. The second-order valence-electron chi connectivity index (χ2n) is 5.84. The van der Waals surface area contributed by atoms with Crippen LogP contribution >= 0.6 is 11.6 Å². The van der Waals surface area contributed by atoms with Crippen molar-refractivity contribution >= 4 is 34.6 Å². The zero-order valence-electron chi connectivity index (χ0n) is 14.9. The van der Waals surface area contributed by atoms with E-state index in [1.165, 1.54) is 24.3 Å². The van der Waals surface area contributed by atoms with Crippen molar-refractivity contribution in [1.82, 2.24) is 0 Å². The molecule has 3 aromatic rings. The van der Waals surface area contributed by atoms with Crippen molar-refractivity contribution in [2.75, 3.05) is 5.32 Å². The lowest BCUT2D eigenvalue weighted by Gasteiger charge is -2.07. The van der Waals surface area contributed by atoms with Gasteiger partial charge in [-0.25, -0.2) is 0 Å². The Hall–Kier alpha value is -4.12. The Balaban J connectivity index is 1.69. The van der Waals surface area contributed by atoms with Crippen LogP contribution in [0.5, 0.6) is 11.5 Å². The molecule has 0 aliphatic carbocycles. The van der Waals surface area contributed by atoms with E-state index in [0.717, 1.165) is 24.3 Å². The third kappa shape index (κ3) is 4.64. The van der Waals surface area contributed by atoms with Crippen LogP contribution in [0.25, 0.3) is 0 Å². The number of rotatable bonds is 7. The Bertz CT molecular complexity index is 1140. The van der Waals surface area contributed by atoms with Gasteiger partial charge in [-0.3, -0.25) is 25.0 Å². The highest BCUT2D eigenvalue weighted by atomic mass is 35.5. The summed E-state index contributed by atoms with van der Waals surface area (Å²) >= 11 is 5.95. The minimum absolute atomic E-state index is 0.0646. The number of non-ortho nitro benzene ring substituents is 2. The van der Waals surface area contributed by atoms with Gasteiger partial charge in [-0.05, 0) is 24.3 Å². The third-order valence-electron chi connectivity index (χ3n) is 3.82. The monoisotopic (exact) mass is 433 g/mol. The van der Waals surface area contributed by atoms with E-state index in [9.17, 15) is 30.1 Å². The number of carbonyl (C=O) groups is 1. The highest BCUT2D eigenvalue weighted by Gasteiger charge is 2.17. The van der Waals surface area contributed by atoms with Crippen molar-refractivity contribution in [2.24, 2.45) is 0 Å². The van der Waals surface area contributed by atoms with Gasteiger partial charge in [0, 0.05) is 18.2 Å². The molecule has 0 aliphatic rings. The van der Waals surface area contributed by atoms with Crippen LogP contribution in [-0.4, -0.2) is 20.9 Å². The first-order valence-corrected chi connectivity index (χ1v) is 8.56. The van der Waals surface area contributed by atoms with Crippen molar-refractivity contribution in [2.45, 2.75) is 6.61 Å². The Kier molecular flexibility index (Phi) is 5.83. The lowest BCUT2D eigenvalue weighted by atomic mass is 10.2. The predicted octanol–water partition coefficient (Wildman–Crippen LogP) is 4.29. The number of halogens is 1. The Labute approximate surface area is 172 Å². The summed E-state index contributed by atoms with van der Waals surface area (Å²) in [4.78, 5) is 32.7. The smallest absolute Gasteiger partial charge is 0.291 e. The van der Waals surface area contributed by atoms with Crippen LogP contribution in [0.2, 0.25) is 5.02 Å². The van der Waals surface area contributed by atoms with Gasteiger partial charge in [0.05, 0.1) is 26.6 Å². The van der Waals surface area contributed by atoms with Crippen molar-refractivity contribution in [3.8, 4) is 11.5 Å². The highest BCUT2D eigenvalue weighted by Crippen LogP contribution is 2.30. The number of nitrogens with one attached hydrogen (secondary N) is 1. The molecule has 0 atom stereocenters. The van der Waals surface area contributed by atoms with Crippen molar-refractivity contribution in [3.05, 3.63) is 85.3 Å². The Morgan fingerprint density at radius 3 is 2.43 bits per heavy atom. The number of phenolic OH excluding ortho intramolecular Hbond substituents is 1. The average molecular weight is 434 g/mol. The number of carbonyl (C=O) groups excluding carboxylic acids is 1. The minimum Gasteiger partial charge on any atom is -0.506 e. The van der Waals surface area contributed by atoms with Gasteiger partial charge in [0.25, 0.3) is 17.3 Å². The molecule has 0 saturated carbocycles. The fourth-order valence-corrected chi connectivity index (χ4v) is 2.54. The van der Waals surface area contributed by atoms with Gasteiger partial charge in [0.15, 0.2) is 5.76 Å². The second kappa shape index (κ2) is 8.49. The maximum absolute atomic E-state index is 12.3. The maximum atomic E-state index is 12.3. The van der Waals surface area contributed by atoms with Crippen molar-refractivity contribution in [1.29, 1.82) is 0 Å². The maximum Gasteiger partial charge on any atom is 0.291 e. The first-order chi connectivity index (χ1) is 14.2. The number of hydrogen-bond donors (Lipinski definition) is 2. The second-order valence-corrected chi connectivity index (χ2v) is 6.25. The number of aromatic hydroxyl groups is 1.